The summed E-state index contributed by atoms with van der Waals surface area (Å²) in [6, 6.07) is 7.97. The molecule has 138 valence electrons. The fraction of sp³-hybridized carbons (Fsp3) is 0.524. The molecule has 0 amide bonds. The van der Waals surface area contributed by atoms with Gasteiger partial charge in [-0.1, -0.05) is 31.5 Å². The van der Waals surface area contributed by atoms with E-state index in [4.69, 9.17) is 4.74 Å². The summed E-state index contributed by atoms with van der Waals surface area (Å²) in [6.45, 7) is 3.70. The fourth-order valence-corrected chi connectivity index (χ4v) is 5.34. The maximum absolute atomic E-state index is 13.1. The predicted octanol–water partition coefficient (Wildman–Crippen LogP) is 3.04. The van der Waals surface area contributed by atoms with Gasteiger partial charge in [0, 0.05) is 30.4 Å². The van der Waals surface area contributed by atoms with Gasteiger partial charge in [-0.15, -0.1) is 0 Å². The molecule has 1 fully saturated rings. The normalized spacial score (nSPS) is 29.1. The van der Waals surface area contributed by atoms with Crippen LogP contribution in [0.15, 0.2) is 24.3 Å². The average molecular weight is 354 g/mol. The molecule has 2 aromatic rings. The van der Waals surface area contributed by atoms with Crippen LogP contribution in [0.25, 0.3) is 10.9 Å². The van der Waals surface area contributed by atoms with Gasteiger partial charge in [0.05, 0.1) is 18.2 Å². The van der Waals surface area contributed by atoms with Crippen LogP contribution in [-0.4, -0.2) is 48.9 Å². The Hall–Kier alpha value is -2.14. The van der Waals surface area contributed by atoms with Crippen molar-refractivity contribution in [2.75, 3.05) is 27.2 Å². The minimum atomic E-state index is -0.672. The van der Waals surface area contributed by atoms with E-state index in [1.807, 2.05) is 24.3 Å². The van der Waals surface area contributed by atoms with Gasteiger partial charge < -0.3 is 14.6 Å². The van der Waals surface area contributed by atoms with Crippen LogP contribution in [0, 0.1) is 17.3 Å². The molecule has 5 heteroatoms. The van der Waals surface area contributed by atoms with Crippen molar-refractivity contribution in [1.82, 2.24) is 9.88 Å². The number of nitrogens with one attached hydrogen (secondary N) is 1. The summed E-state index contributed by atoms with van der Waals surface area (Å²) in [5, 5.41) is 1.04. The topological polar surface area (TPSA) is 62.4 Å². The van der Waals surface area contributed by atoms with Gasteiger partial charge in [0.25, 0.3) is 0 Å². The zero-order chi connectivity index (χ0) is 18.5. The first kappa shape index (κ1) is 17.3. The molecule has 0 spiro atoms. The number of para-hydroxylation sites is 1. The number of ketones is 1. The molecule has 1 aliphatic heterocycles. The van der Waals surface area contributed by atoms with Crippen molar-refractivity contribution in [3.8, 4) is 0 Å². The largest absolute Gasteiger partial charge is 0.469 e. The number of likely N-dealkylation sites (tertiary alicyclic amines) is 1. The maximum Gasteiger partial charge on any atom is 0.313 e. The lowest BCUT2D eigenvalue weighted by molar-refractivity contribution is -0.163. The second kappa shape index (κ2) is 6.23. The highest BCUT2D eigenvalue weighted by atomic mass is 16.5. The maximum atomic E-state index is 13.1. The van der Waals surface area contributed by atoms with Crippen molar-refractivity contribution >= 4 is 22.7 Å². The fourth-order valence-electron chi connectivity index (χ4n) is 5.34. The van der Waals surface area contributed by atoms with Crippen LogP contribution in [0.2, 0.25) is 0 Å². The number of methoxy groups -OCH3 is 1. The molecule has 2 heterocycles. The number of rotatable bonds is 2. The number of carbonyl (C=O) groups is 2. The van der Waals surface area contributed by atoms with E-state index in [9.17, 15) is 9.59 Å². The van der Waals surface area contributed by atoms with Gasteiger partial charge in [-0.05, 0) is 36.9 Å². The van der Waals surface area contributed by atoms with Crippen LogP contribution < -0.4 is 0 Å². The van der Waals surface area contributed by atoms with Crippen LogP contribution in [0.3, 0.4) is 0 Å². The quantitative estimate of drug-likeness (QED) is 0.842. The van der Waals surface area contributed by atoms with Crippen LogP contribution >= 0.6 is 0 Å². The smallest absolute Gasteiger partial charge is 0.313 e. The molecule has 1 aromatic heterocycles. The molecule has 4 rings (SSSR count). The highest BCUT2D eigenvalue weighted by molar-refractivity contribution is 6.03. The van der Waals surface area contributed by atoms with Gasteiger partial charge in [0.2, 0.25) is 0 Å². The molecule has 1 N–H and O–H groups in total. The summed E-state index contributed by atoms with van der Waals surface area (Å²) < 4.78 is 5.30. The summed E-state index contributed by atoms with van der Waals surface area (Å²) in [5.41, 5.74) is 1.94. The second-order valence-corrected chi connectivity index (χ2v) is 7.95. The third-order valence-electron chi connectivity index (χ3n) is 6.48. The standard InChI is InChI=1S/C21H26N2O3/c1-4-13-11-23(2)12-21(20(25)26-3)10-15-14-7-5-6-8-17(14)22-19(15)18(24)9-16(13)21/h5-8,13,16,22H,4,9-12H2,1-3H3/t13-,16+,21+/m0/s1. The second-order valence-electron chi connectivity index (χ2n) is 7.95. The summed E-state index contributed by atoms with van der Waals surface area (Å²) in [4.78, 5) is 31.8. The molecule has 0 unspecified atom stereocenters. The van der Waals surface area contributed by atoms with Crippen molar-refractivity contribution in [3.63, 3.8) is 0 Å². The molecule has 0 saturated carbocycles. The molecule has 3 atom stereocenters. The number of carbonyl (C=O) groups excluding carboxylic acids is 2. The molecule has 5 nitrogen and oxygen atoms in total. The minimum absolute atomic E-state index is 0.0169. The molecular weight excluding hydrogens is 328 g/mol. The first-order valence-electron chi connectivity index (χ1n) is 9.40. The van der Waals surface area contributed by atoms with E-state index >= 15 is 0 Å². The van der Waals surface area contributed by atoms with E-state index in [0.29, 0.717) is 31.0 Å². The number of H-pyrrole nitrogens is 1. The lowest BCUT2D eigenvalue weighted by Crippen LogP contribution is -2.57. The Morgan fingerprint density at radius 3 is 2.88 bits per heavy atom. The average Bonchev–Trinajstić information content (AvgIpc) is 2.95. The highest BCUT2D eigenvalue weighted by Crippen LogP contribution is 2.49. The highest BCUT2D eigenvalue weighted by Gasteiger charge is 2.55. The van der Waals surface area contributed by atoms with Gasteiger partial charge in [-0.25, -0.2) is 0 Å². The zero-order valence-corrected chi connectivity index (χ0v) is 15.7. The molecule has 2 aliphatic rings. The lowest BCUT2D eigenvalue weighted by atomic mass is 9.62. The van der Waals surface area contributed by atoms with E-state index in [-0.39, 0.29) is 17.7 Å². The Morgan fingerprint density at radius 2 is 2.15 bits per heavy atom. The number of hydrogen-bond donors (Lipinski definition) is 1. The Balaban J connectivity index is 1.93. The molecule has 0 bridgehead atoms. The number of fused-ring (bicyclic) bond motifs is 4. The summed E-state index contributed by atoms with van der Waals surface area (Å²) in [5.74, 6) is 0.267. The Morgan fingerprint density at radius 1 is 1.38 bits per heavy atom. The van der Waals surface area contributed by atoms with Crippen LogP contribution in [0.1, 0.15) is 35.8 Å². The molecule has 1 aliphatic carbocycles. The summed E-state index contributed by atoms with van der Waals surface area (Å²) in [7, 11) is 3.53. The van der Waals surface area contributed by atoms with Crippen molar-refractivity contribution in [2.45, 2.75) is 26.2 Å². The first-order chi connectivity index (χ1) is 12.5. The van der Waals surface area contributed by atoms with Crippen molar-refractivity contribution in [3.05, 3.63) is 35.5 Å². The third-order valence-corrected chi connectivity index (χ3v) is 6.48. The summed E-state index contributed by atoms with van der Waals surface area (Å²) in [6.07, 6.45) is 1.91. The Labute approximate surface area is 153 Å². The number of ether oxygens (including phenoxy) is 1. The van der Waals surface area contributed by atoms with Crippen molar-refractivity contribution < 1.29 is 14.3 Å². The van der Waals surface area contributed by atoms with Gasteiger partial charge in [0.15, 0.2) is 5.78 Å². The number of piperidine rings is 1. The van der Waals surface area contributed by atoms with Crippen molar-refractivity contribution in [1.29, 1.82) is 0 Å². The number of esters is 1. The number of aromatic nitrogens is 1. The summed E-state index contributed by atoms with van der Waals surface area (Å²) >= 11 is 0. The van der Waals surface area contributed by atoms with Crippen LogP contribution in [-0.2, 0) is 16.0 Å². The zero-order valence-electron chi connectivity index (χ0n) is 15.7. The van der Waals surface area contributed by atoms with Gasteiger partial charge >= 0.3 is 5.97 Å². The molecular formula is C21H26N2O3. The van der Waals surface area contributed by atoms with E-state index in [1.165, 1.54) is 7.11 Å². The van der Waals surface area contributed by atoms with Gasteiger partial charge in [-0.3, -0.25) is 9.59 Å². The molecule has 1 aromatic carbocycles. The minimum Gasteiger partial charge on any atom is -0.469 e. The number of Topliss-reactive ketones (excluding diaryl/α,β-unsaturated/α-hetero) is 1. The predicted molar refractivity (Wildman–Crippen MR) is 100 cm³/mol. The number of aromatic amines is 1. The van der Waals surface area contributed by atoms with E-state index < -0.39 is 5.41 Å². The van der Waals surface area contributed by atoms with Crippen LogP contribution in [0.5, 0.6) is 0 Å². The lowest BCUT2D eigenvalue weighted by Gasteiger charge is -2.48. The Bertz CT molecular complexity index is 871. The van der Waals surface area contributed by atoms with E-state index in [0.717, 1.165) is 29.4 Å². The van der Waals surface area contributed by atoms with E-state index in [1.54, 1.807) is 0 Å². The monoisotopic (exact) mass is 354 g/mol. The third kappa shape index (κ3) is 2.41. The molecule has 1 saturated heterocycles. The number of hydrogen-bond acceptors (Lipinski definition) is 4. The van der Waals surface area contributed by atoms with Crippen LogP contribution in [0.4, 0.5) is 0 Å². The SMILES string of the molecule is CC[C@H]1CN(C)C[C@]2(C(=O)OC)Cc3c([nH]c4ccccc34)C(=O)C[C@H]12. The number of benzene rings is 1. The molecule has 26 heavy (non-hydrogen) atoms. The Kier molecular flexibility index (Phi) is 4.14. The molecule has 0 radical (unpaired) electrons. The van der Waals surface area contributed by atoms with Gasteiger partial charge in [-0.2, -0.15) is 0 Å². The van der Waals surface area contributed by atoms with Crippen molar-refractivity contribution in [2.24, 2.45) is 17.3 Å². The van der Waals surface area contributed by atoms with E-state index in [2.05, 4.69) is 23.9 Å². The van der Waals surface area contributed by atoms with Gasteiger partial charge in [0.1, 0.15) is 0 Å². The number of nitrogens with zero attached hydrogens (tertiary/aromatic N) is 1. The first-order valence-corrected chi connectivity index (χ1v) is 9.40.